The minimum atomic E-state index is -1.04. The molecule has 0 saturated heterocycles. The third kappa shape index (κ3) is 2.59. The number of nitrogens with zero attached hydrogens (tertiary/aromatic N) is 4. The van der Waals surface area contributed by atoms with Gasteiger partial charge in [-0.05, 0) is 18.2 Å². The quantitative estimate of drug-likeness (QED) is 0.876. The number of carbonyl (C=O) groups is 2. The van der Waals surface area contributed by atoms with Crippen LogP contribution in [0.1, 0.15) is 20.8 Å². The highest BCUT2D eigenvalue weighted by atomic mass is 16.4. The maximum atomic E-state index is 11.7. The first kappa shape index (κ1) is 12.7. The zero-order valence-electron chi connectivity index (χ0n) is 10.4. The molecule has 98 valence electrons. The molecule has 0 aliphatic rings. The van der Waals surface area contributed by atoms with Crippen molar-refractivity contribution in [1.82, 2.24) is 19.7 Å². The summed E-state index contributed by atoms with van der Waals surface area (Å²) < 4.78 is 1.42. The first-order chi connectivity index (χ1) is 8.99. The third-order valence-electron chi connectivity index (χ3n) is 2.44. The van der Waals surface area contributed by atoms with Gasteiger partial charge in [0.1, 0.15) is 0 Å². The van der Waals surface area contributed by atoms with E-state index in [0.717, 1.165) is 0 Å². The summed E-state index contributed by atoms with van der Waals surface area (Å²) in [5.74, 6) is -0.799. The van der Waals surface area contributed by atoms with Crippen LogP contribution < -0.4 is 0 Å². The minimum Gasteiger partial charge on any atom is -0.478 e. The van der Waals surface area contributed by atoms with Gasteiger partial charge in [-0.15, -0.1) is 0 Å². The molecule has 19 heavy (non-hydrogen) atoms. The normalized spacial score (nSPS) is 10.2. The average molecular weight is 260 g/mol. The number of amides is 1. The van der Waals surface area contributed by atoms with Crippen LogP contribution in [-0.4, -0.2) is 50.7 Å². The average Bonchev–Trinajstić information content (AvgIpc) is 2.87. The number of hydrogen-bond acceptors (Lipinski definition) is 4. The summed E-state index contributed by atoms with van der Waals surface area (Å²) in [6.07, 6.45) is 2.84. The lowest BCUT2D eigenvalue weighted by molar-refractivity contribution is 0.0696. The molecule has 2 aromatic heterocycles. The molecule has 0 saturated carbocycles. The van der Waals surface area contributed by atoms with Crippen molar-refractivity contribution in [2.45, 2.75) is 0 Å². The molecule has 0 aliphatic heterocycles. The molecule has 1 amide bonds. The van der Waals surface area contributed by atoms with E-state index in [1.54, 1.807) is 26.4 Å². The van der Waals surface area contributed by atoms with Gasteiger partial charge in [0.05, 0.1) is 5.56 Å². The zero-order chi connectivity index (χ0) is 14.0. The lowest BCUT2D eigenvalue weighted by atomic mass is 10.3. The Morgan fingerprint density at radius 1 is 1.26 bits per heavy atom. The Balaban J connectivity index is 2.28. The fourth-order valence-electron chi connectivity index (χ4n) is 1.44. The molecule has 0 aliphatic carbocycles. The summed E-state index contributed by atoms with van der Waals surface area (Å²) in [7, 11) is 3.28. The van der Waals surface area contributed by atoms with E-state index >= 15 is 0 Å². The molecule has 0 fully saturated rings. The van der Waals surface area contributed by atoms with Gasteiger partial charge in [0, 0.05) is 26.5 Å². The molecular weight excluding hydrogens is 248 g/mol. The fraction of sp³-hybridized carbons (Fsp3) is 0.167. The van der Waals surface area contributed by atoms with E-state index in [1.165, 1.54) is 27.9 Å². The number of aromatic nitrogens is 3. The second-order valence-electron chi connectivity index (χ2n) is 4.06. The van der Waals surface area contributed by atoms with Crippen LogP contribution in [0, 0.1) is 0 Å². The summed E-state index contributed by atoms with van der Waals surface area (Å²) in [5, 5.41) is 12.9. The van der Waals surface area contributed by atoms with E-state index in [1.807, 2.05) is 0 Å². The van der Waals surface area contributed by atoms with E-state index in [0.29, 0.717) is 11.5 Å². The van der Waals surface area contributed by atoms with Crippen LogP contribution in [-0.2, 0) is 0 Å². The SMILES string of the molecule is CN(C)C(=O)c1ccn(-c2ccc(C(=O)O)cn2)n1. The van der Waals surface area contributed by atoms with Crippen molar-refractivity contribution in [2.24, 2.45) is 0 Å². The molecule has 0 atom stereocenters. The van der Waals surface area contributed by atoms with Gasteiger partial charge in [-0.1, -0.05) is 0 Å². The smallest absolute Gasteiger partial charge is 0.337 e. The predicted molar refractivity (Wildman–Crippen MR) is 66.3 cm³/mol. The highest BCUT2D eigenvalue weighted by Crippen LogP contribution is 2.07. The maximum Gasteiger partial charge on any atom is 0.337 e. The predicted octanol–water partition coefficient (Wildman–Crippen LogP) is 0.667. The van der Waals surface area contributed by atoms with Crippen molar-refractivity contribution in [3.8, 4) is 5.82 Å². The Labute approximate surface area is 109 Å². The number of hydrogen-bond donors (Lipinski definition) is 1. The van der Waals surface area contributed by atoms with Gasteiger partial charge in [0.15, 0.2) is 11.5 Å². The van der Waals surface area contributed by atoms with Crippen LogP contribution in [0.25, 0.3) is 5.82 Å². The van der Waals surface area contributed by atoms with Gasteiger partial charge >= 0.3 is 5.97 Å². The first-order valence-electron chi connectivity index (χ1n) is 5.46. The van der Waals surface area contributed by atoms with Gasteiger partial charge < -0.3 is 10.0 Å². The Morgan fingerprint density at radius 3 is 2.53 bits per heavy atom. The molecule has 0 spiro atoms. The van der Waals surface area contributed by atoms with Crippen molar-refractivity contribution in [2.75, 3.05) is 14.1 Å². The van der Waals surface area contributed by atoms with Crippen molar-refractivity contribution < 1.29 is 14.7 Å². The van der Waals surface area contributed by atoms with Gasteiger partial charge in [-0.25, -0.2) is 14.5 Å². The van der Waals surface area contributed by atoms with E-state index in [2.05, 4.69) is 10.1 Å². The van der Waals surface area contributed by atoms with Crippen molar-refractivity contribution in [3.05, 3.63) is 41.9 Å². The van der Waals surface area contributed by atoms with Crippen LogP contribution in [0.5, 0.6) is 0 Å². The Bertz CT molecular complexity index is 616. The lowest BCUT2D eigenvalue weighted by Gasteiger charge is -2.06. The standard InChI is InChI=1S/C12H12N4O3/c1-15(2)11(17)9-5-6-16(14-9)10-4-3-8(7-13-10)12(18)19/h3-7H,1-2H3,(H,18,19). The zero-order valence-corrected chi connectivity index (χ0v) is 10.4. The molecule has 2 rings (SSSR count). The Kier molecular flexibility index (Phi) is 3.28. The van der Waals surface area contributed by atoms with Gasteiger partial charge in [0.2, 0.25) is 0 Å². The maximum absolute atomic E-state index is 11.7. The molecule has 0 unspecified atom stereocenters. The van der Waals surface area contributed by atoms with E-state index in [4.69, 9.17) is 5.11 Å². The van der Waals surface area contributed by atoms with E-state index in [9.17, 15) is 9.59 Å². The molecule has 0 radical (unpaired) electrons. The van der Waals surface area contributed by atoms with Crippen LogP contribution >= 0.6 is 0 Å². The Hall–Kier alpha value is -2.70. The van der Waals surface area contributed by atoms with Gasteiger partial charge in [0.25, 0.3) is 5.91 Å². The summed E-state index contributed by atoms with van der Waals surface area (Å²) in [6.45, 7) is 0. The second kappa shape index (κ2) is 4.89. The van der Waals surface area contributed by atoms with Crippen LogP contribution in [0.3, 0.4) is 0 Å². The molecule has 7 nitrogen and oxygen atoms in total. The summed E-state index contributed by atoms with van der Waals surface area (Å²) in [4.78, 5) is 27.8. The molecule has 0 bridgehead atoms. The molecule has 7 heteroatoms. The summed E-state index contributed by atoms with van der Waals surface area (Å²) in [5.41, 5.74) is 0.398. The molecule has 2 aromatic rings. The van der Waals surface area contributed by atoms with Crippen LogP contribution in [0.15, 0.2) is 30.6 Å². The number of pyridine rings is 1. The second-order valence-corrected chi connectivity index (χ2v) is 4.06. The van der Waals surface area contributed by atoms with Gasteiger partial charge in [-0.2, -0.15) is 5.10 Å². The van der Waals surface area contributed by atoms with E-state index < -0.39 is 5.97 Å². The van der Waals surface area contributed by atoms with Crippen molar-refractivity contribution >= 4 is 11.9 Å². The number of carboxylic acids is 1. The number of carboxylic acid groups (broad SMARTS) is 1. The highest BCUT2D eigenvalue weighted by Gasteiger charge is 2.12. The van der Waals surface area contributed by atoms with Gasteiger partial charge in [-0.3, -0.25) is 4.79 Å². The van der Waals surface area contributed by atoms with E-state index in [-0.39, 0.29) is 11.5 Å². The fourth-order valence-corrected chi connectivity index (χ4v) is 1.44. The van der Waals surface area contributed by atoms with Crippen LogP contribution in [0.4, 0.5) is 0 Å². The van der Waals surface area contributed by atoms with Crippen molar-refractivity contribution in [3.63, 3.8) is 0 Å². The number of rotatable bonds is 3. The number of carbonyl (C=O) groups excluding carboxylic acids is 1. The third-order valence-corrected chi connectivity index (χ3v) is 2.44. The minimum absolute atomic E-state index is 0.0977. The topological polar surface area (TPSA) is 88.3 Å². The molecular formula is C12H12N4O3. The largest absolute Gasteiger partial charge is 0.478 e. The number of aromatic carboxylic acids is 1. The summed E-state index contributed by atoms with van der Waals surface area (Å²) in [6, 6.07) is 4.54. The monoisotopic (exact) mass is 260 g/mol. The summed E-state index contributed by atoms with van der Waals surface area (Å²) >= 11 is 0. The molecule has 0 aromatic carbocycles. The van der Waals surface area contributed by atoms with Crippen molar-refractivity contribution in [1.29, 1.82) is 0 Å². The highest BCUT2D eigenvalue weighted by molar-refractivity contribution is 5.91. The Morgan fingerprint density at radius 2 is 2.00 bits per heavy atom. The molecule has 2 heterocycles. The lowest BCUT2D eigenvalue weighted by Crippen LogP contribution is -2.22. The first-order valence-corrected chi connectivity index (χ1v) is 5.46. The molecule has 1 N–H and O–H groups in total. The van der Waals surface area contributed by atoms with Crippen LogP contribution in [0.2, 0.25) is 0 Å².